The summed E-state index contributed by atoms with van der Waals surface area (Å²) in [4.78, 5) is 4.81. The molecule has 3 nitrogen and oxygen atoms in total. The molecule has 0 fully saturated rings. The lowest BCUT2D eigenvalue weighted by Crippen LogP contribution is -2.07. The minimum Gasteiger partial charge on any atom is -0.454 e. The van der Waals surface area contributed by atoms with E-state index >= 15 is 0 Å². The number of nitrogens with zero attached hydrogens (tertiary/aromatic N) is 1. The van der Waals surface area contributed by atoms with E-state index in [0.29, 0.717) is 0 Å². The Labute approximate surface area is 157 Å². The van der Waals surface area contributed by atoms with Crippen LogP contribution in [0.1, 0.15) is 27.9 Å². The van der Waals surface area contributed by atoms with Crippen LogP contribution in [0.15, 0.2) is 52.3 Å². The first kappa shape index (κ1) is 17.0. The Morgan fingerprint density at radius 2 is 1.81 bits per heavy atom. The summed E-state index contributed by atoms with van der Waals surface area (Å²) >= 11 is 1.64. The molecule has 0 aliphatic carbocycles. The van der Waals surface area contributed by atoms with Crippen molar-refractivity contribution in [1.29, 1.82) is 0 Å². The normalized spacial score (nSPS) is 11.3. The second kappa shape index (κ2) is 7.06. The number of aryl methyl sites for hydroxylation is 2. The molecule has 4 aromatic rings. The Morgan fingerprint density at radius 3 is 2.62 bits per heavy atom. The van der Waals surface area contributed by atoms with Gasteiger partial charge in [0, 0.05) is 23.7 Å². The minimum atomic E-state index is 0.847. The summed E-state index contributed by atoms with van der Waals surface area (Å²) < 4.78 is 5.94. The van der Waals surface area contributed by atoms with Gasteiger partial charge in [-0.15, -0.1) is 11.3 Å². The molecule has 2 heterocycles. The highest BCUT2D eigenvalue weighted by Gasteiger charge is 2.12. The third kappa shape index (κ3) is 3.30. The maximum absolute atomic E-state index is 5.94. The number of nitrogens with one attached hydrogen (secondary N) is 1. The lowest BCUT2D eigenvalue weighted by Gasteiger charge is -2.11. The van der Waals surface area contributed by atoms with Crippen LogP contribution in [-0.2, 0) is 13.0 Å². The van der Waals surface area contributed by atoms with Gasteiger partial charge in [-0.2, -0.15) is 0 Å². The summed E-state index contributed by atoms with van der Waals surface area (Å²) in [6.45, 7) is 5.26. The van der Waals surface area contributed by atoms with Crippen LogP contribution < -0.4 is 5.32 Å². The lowest BCUT2D eigenvalue weighted by atomic mass is 9.97. The summed E-state index contributed by atoms with van der Waals surface area (Å²) in [7, 11) is 1.98. The van der Waals surface area contributed by atoms with Gasteiger partial charge in [-0.05, 0) is 55.3 Å². The third-order valence-corrected chi connectivity index (χ3v) is 5.63. The van der Waals surface area contributed by atoms with Crippen LogP contribution in [-0.4, -0.2) is 12.0 Å². The third-order valence-electron chi connectivity index (χ3n) is 4.72. The number of fused-ring (bicyclic) bond motifs is 1. The highest BCUT2D eigenvalue weighted by Crippen LogP contribution is 2.30. The van der Waals surface area contributed by atoms with Gasteiger partial charge in [0.25, 0.3) is 0 Å². The van der Waals surface area contributed by atoms with E-state index in [9.17, 15) is 0 Å². The largest absolute Gasteiger partial charge is 0.454 e. The van der Waals surface area contributed by atoms with Crippen LogP contribution in [0.4, 0.5) is 0 Å². The van der Waals surface area contributed by atoms with E-state index in [0.717, 1.165) is 40.4 Å². The van der Waals surface area contributed by atoms with Gasteiger partial charge in [-0.3, -0.25) is 0 Å². The monoisotopic (exact) mass is 362 g/mol. The number of hydrogen-bond acceptors (Lipinski definition) is 4. The van der Waals surface area contributed by atoms with Crippen LogP contribution in [0.25, 0.3) is 21.7 Å². The SMILES string of the molecule is CNCc1cc(C)c(Cc2csc(-c3cc4ccccc4o3)n2)cc1C. The van der Waals surface area contributed by atoms with E-state index in [-0.39, 0.29) is 0 Å². The van der Waals surface area contributed by atoms with Gasteiger partial charge in [-0.1, -0.05) is 30.3 Å². The maximum atomic E-state index is 5.94. The van der Waals surface area contributed by atoms with E-state index in [1.807, 2.05) is 25.2 Å². The number of hydrogen-bond donors (Lipinski definition) is 1. The summed E-state index contributed by atoms with van der Waals surface area (Å²) in [6.07, 6.45) is 0.850. The molecule has 4 heteroatoms. The highest BCUT2D eigenvalue weighted by atomic mass is 32.1. The number of rotatable bonds is 5. The zero-order chi connectivity index (χ0) is 18.1. The van der Waals surface area contributed by atoms with E-state index in [2.05, 4.69) is 48.8 Å². The molecule has 0 atom stereocenters. The molecule has 0 radical (unpaired) electrons. The van der Waals surface area contributed by atoms with Gasteiger partial charge in [0.15, 0.2) is 10.8 Å². The minimum absolute atomic E-state index is 0.847. The molecule has 0 aliphatic heterocycles. The first-order chi connectivity index (χ1) is 12.6. The number of para-hydroxylation sites is 1. The van der Waals surface area contributed by atoms with Crippen LogP contribution in [0, 0.1) is 13.8 Å². The van der Waals surface area contributed by atoms with Gasteiger partial charge in [0.1, 0.15) is 5.58 Å². The van der Waals surface area contributed by atoms with E-state index in [4.69, 9.17) is 9.40 Å². The van der Waals surface area contributed by atoms with Gasteiger partial charge in [-0.25, -0.2) is 4.98 Å². The molecule has 4 rings (SSSR count). The molecule has 0 saturated carbocycles. The quantitative estimate of drug-likeness (QED) is 0.510. The Bertz CT molecular complexity index is 1030. The zero-order valence-corrected chi connectivity index (χ0v) is 16.1. The average Bonchev–Trinajstić information content (AvgIpc) is 3.26. The van der Waals surface area contributed by atoms with Crippen molar-refractivity contribution in [2.75, 3.05) is 7.05 Å². The van der Waals surface area contributed by atoms with Crippen LogP contribution >= 0.6 is 11.3 Å². The molecule has 2 aromatic carbocycles. The van der Waals surface area contributed by atoms with Crippen molar-refractivity contribution in [3.05, 3.63) is 75.8 Å². The topological polar surface area (TPSA) is 38.1 Å². The fourth-order valence-corrected chi connectivity index (χ4v) is 4.06. The predicted octanol–water partition coefficient (Wildman–Crippen LogP) is 5.48. The standard InChI is InChI=1S/C22H22N2OS/c1-14-9-18(12-23-3)15(2)8-17(14)10-19-13-26-22(24-19)21-11-16-6-4-5-7-20(16)25-21/h4-9,11,13,23H,10,12H2,1-3H3. The highest BCUT2D eigenvalue weighted by molar-refractivity contribution is 7.13. The van der Waals surface area contributed by atoms with E-state index in [1.165, 1.54) is 22.3 Å². The molecule has 0 bridgehead atoms. The predicted molar refractivity (Wildman–Crippen MR) is 109 cm³/mol. The fourth-order valence-electron chi connectivity index (χ4n) is 3.29. The maximum Gasteiger partial charge on any atom is 0.164 e. The first-order valence-electron chi connectivity index (χ1n) is 8.81. The zero-order valence-electron chi connectivity index (χ0n) is 15.3. The Morgan fingerprint density at radius 1 is 1.04 bits per heavy atom. The van der Waals surface area contributed by atoms with Crippen molar-refractivity contribution in [3.8, 4) is 10.8 Å². The Balaban J connectivity index is 1.60. The number of aromatic nitrogens is 1. The van der Waals surface area contributed by atoms with Crippen molar-refractivity contribution < 1.29 is 4.42 Å². The number of thiazole rings is 1. The van der Waals surface area contributed by atoms with Gasteiger partial charge >= 0.3 is 0 Å². The van der Waals surface area contributed by atoms with Gasteiger partial charge in [0.2, 0.25) is 0 Å². The van der Waals surface area contributed by atoms with Crippen LogP contribution in [0.5, 0.6) is 0 Å². The van der Waals surface area contributed by atoms with Crippen LogP contribution in [0.2, 0.25) is 0 Å². The summed E-state index contributed by atoms with van der Waals surface area (Å²) in [6, 6.07) is 14.7. The lowest BCUT2D eigenvalue weighted by molar-refractivity contribution is 0.630. The van der Waals surface area contributed by atoms with Crippen molar-refractivity contribution in [3.63, 3.8) is 0 Å². The second-order valence-corrected chi connectivity index (χ2v) is 7.56. The second-order valence-electron chi connectivity index (χ2n) is 6.70. The van der Waals surface area contributed by atoms with E-state index in [1.54, 1.807) is 11.3 Å². The average molecular weight is 362 g/mol. The molecule has 2 aromatic heterocycles. The smallest absolute Gasteiger partial charge is 0.164 e. The van der Waals surface area contributed by atoms with Crippen molar-refractivity contribution in [1.82, 2.24) is 10.3 Å². The van der Waals surface area contributed by atoms with Crippen molar-refractivity contribution in [2.45, 2.75) is 26.8 Å². The number of benzene rings is 2. The molecule has 0 amide bonds. The Kier molecular flexibility index (Phi) is 4.62. The molecule has 132 valence electrons. The first-order valence-corrected chi connectivity index (χ1v) is 9.69. The Hall–Kier alpha value is -2.43. The van der Waals surface area contributed by atoms with Gasteiger partial charge < -0.3 is 9.73 Å². The summed E-state index contributed by atoms with van der Waals surface area (Å²) in [5, 5.41) is 7.43. The van der Waals surface area contributed by atoms with Crippen molar-refractivity contribution >= 4 is 22.3 Å². The fraction of sp³-hybridized carbons (Fsp3) is 0.227. The molecule has 1 N–H and O–H groups in total. The summed E-state index contributed by atoms with van der Waals surface area (Å²) in [5.74, 6) is 0.847. The summed E-state index contributed by atoms with van der Waals surface area (Å²) in [5.41, 5.74) is 7.34. The molecular weight excluding hydrogens is 340 g/mol. The van der Waals surface area contributed by atoms with Gasteiger partial charge in [0.05, 0.1) is 5.69 Å². The van der Waals surface area contributed by atoms with Crippen LogP contribution in [0.3, 0.4) is 0 Å². The number of furan rings is 1. The van der Waals surface area contributed by atoms with Crippen molar-refractivity contribution in [2.24, 2.45) is 0 Å². The van der Waals surface area contributed by atoms with E-state index < -0.39 is 0 Å². The molecule has 0 saturated heterocycles. The molecule has 0 unspecified atom stereocenters. The molecule has 0 spiro atoms. The molecule has 0 aliphatic rings. The molecular formula is C22H22N2OS. The molecule has 26 heavy (non-hydrogen) atoms.